The lowest BCUT2D eigenvalue weighted by molar-refractivity contribution is -0.137. The first kappa shape index (κ1) is 20.3. The van der Waals surface area contributed by atoms with Crippen molar-refractivity contribution < 1.29 is 27.5 Å². The van der Waals surface area contributed by atoms with Gasteiger partial charge < -0.3 is 15.0 Å². The van der Waals surface area contributed by atoms with Crippen LogP contribution < -0.4 is 10.1 Å². The number of ether oxygens (including phenoxy) is 1. The first-order valence-electron chi connectivity index (χ1n) is 9.89. The van der Waals surface area contributed by atoms with Gasteiger partial charge in [-0.15, -0.1) is 0 Å². The van der Waals surface area contributed by atoms with E-state index in [1.807, 2.05) is 4.90 Å². The molecule has 1 saturated heterocycles. The quantitative estimate of drug-likeness (QED) is 0.767. The van der Waals surface area contributed by atoms with E-state index in [2.05, 4.69) is 5.32 Å². The highest BCUT2D eigenvalue weighted by Gasteiger charge is 2.32. The van der Waals surface area contributed by atoms with Crippen molar-refractivity contribution >= 4 is 17.5 Å². The third-order valence-corrected chi connectivity index (χ3v) is 5.54. The predicted octanol–water partition coefficient (Wildman–Crippen LogP) is 4.73. The molecule has 2 amide bonds. The van der Waals surface area contributed by atoms with E-state index < -0.39 is 17.6 Å². The largest absolute Gasteiger partial charge is 0.493 e. The van der Waals surface area contributed by atoms with E-state index in [9.17, 15) is 22.8 Å². The number of carbonyl (C=O) groups excluding carboxylic acids is 2. The van der Waals surface area contributed by atoms with Crippen LogP contribution in [-0.2, 0) is 6.18 Å². The van der Waals surface area contributed by atoms with Crippen molar-refractivity contribution in [1.29, 1.82) is 0 Å². The Morgan fingerprint density at radius 3 is 2.57 bits per heavy atom. The summed E-state index contributed by atoms with van der Waals surface area (Å²) in [4.78, 5) is 27.4. The molecule has 0 aliphatic carbocycles. The number of nitrogens with one attached hydrogen (secondary N) is 1. The first-order valence-corrected chi connectivity index (χ1v) is 9.89. The Labute approximate surface area is 171 Å². The normalized spacial score (nSPS) is 19.1. The highest BCUT2D eigenvalue weighted by molar-refractivity contribution is 6.05. The van der Waals surface area contributed by atoms with Gasteiger partial charge in [0, 0.05) is 30.3 Å². The van der Waals surface area contributed by atoms with Crippen LogP contribution in [-0.4, -0.2) is 35.9 Å². The molecule has 2 aliphatic rings. The van der Waals surface area contributed by atoms with Crippen molar-refractivity contribution in [3.63, 3.8) is 0 Å². The van der Waals surface area contributed by atoms with Crippen LogP contribution in [0.4, 0.5) is 18.9 Å². The third kappa shape index (κ3) is 4.13. The number of hydrogen-bond donors (Lipinski definition) is 1. The SMILES string of the molecule is O=C(Nc1ccc2c(c1)C(=O)N1CCCCC1CCO2)c1ccc(C(F)(F)F)cc1. The average Bonchev–Trinajstić information content (AvgIpc) is 2.73. The summed E-state index contributed by atoms with van der Waals surface area (Å²) in [5.74, 6) is -0.213. The maximum absolute atomic E-state index is 13.1. The molecular formula is C22H21F3N2O3. The van der Waals surface area contributed by atoms with Crippen LogP contribution in [0.1, 0.15) is 52.0 Å². The molecule has 2 aliphatic heterocycles. The second-order valence-corrected chi connectivity index (χ2v) is 7.53. The van der Waals surface area contributed by atoms with E-state index in [0.29, 0.717) is 30.2 Å². The number of rotatable bonds is 2. The van der Waals surface area contributed by atoms with Gasteiger partial charge >= 0.3 is 6.18 Å². The Morgan fingerprint density at radius 1 is 1.07 bits per heavy atom. The molecule has 5 nitrogen and oxygen atoms in total. The highest BCUT2D eigenvalue weighted by atomic mass is 19.4. The summed E-state index contributed by atoms with van der Waals surface area (Å²) >= 11 is 0. The Bertz CT molecular complexity index is 957. The van der Waals surface area contributed by atoms with Crippen molar-refractivity contribution in [2.45, 2.75) is 37.9 Å². The fourth-order valence-corrected chi connectivity index (χ4v) is 3.94. The van der Waals surface area contributed by atoms with Crippen LogP contribution in [0.25, 0.3) is 0 Å². The summed E-state index contributed by atoms with van der Waals surface area (Å²) in [6.45, 7) is 1.21. The standard InChI is InChI=1S/C22H21F3N2O3/c23-22(24,25)15-6-4-14(5-7-15)20(28)26-16-8-9-19-18(13-16)21(29)27-11-2-1-3-17(27)10-12-30-19/h4-9,13,17H,1-3,10-12H2,(H,26,28). The number of amides is 2. The molecule has 158 valence electrons. The van der Waals surface area contributed by atoms with Gasteiger partial charge in [0.2, 0.25) is 0 Å². The van der Waals surface area contributed by atoms with Crippen LogP contribution >= 0.6 is 0 Å². The monoisotopic (exact) mass is 418 g/mol. The Hall–Kier alpha value is -3.03. The van der Waals surface area contributed by atoms with Crippen molar-refractivity contribution in [2.24, 2.45) is 0 Å². The molecule has 1 fully saturated rings. The van der Waals surface area contributed by atoms with Crippen molar-refractivity contribution in [3.05, 3.63) is 59.2 Å². The lowest BCUT2D eigenvalue weighted by atomic mass is 9.97. The van der Waals surface area contributed by atoms with Crippen molar-refractivity contribution in [3.8, 4) is 5.75 Å². The maximum atomic E-state index is 13.1. The summed E-state index contributed by atoms with van der Waals surface area (Å²) in [5, 5.41) is 2.65. The first-order chi connectivity index (χ1) is 14.3. The summed E-state index contributed by atoms with van der Waals surface area (Å²) in [6.07, 6.45) is -0.670. The molecule has 0 saturated carbocycles. The van der Waals surface area contributed by atoms with Crippen LogP contribution in [0.2, 0.25) is 0 Å². The van der Waals surface area contributed by atoms with Gasteiger partial charge in [-0.1, -0.05) is 0 Å². The number of halogens is 3. The van der Waals surface area contributed by atoms with E-state index in [-0.39, 0.29) is 17.5 Å². The van der Waals surface area contributed by atoms with Gasteiger partial charge in [-0.25, -0.2) is 0 Å². The summed E-state index contributed by atoms with van der Waals surface area (Å²) < 4.78 is 43.9. The molecule has 2 heterocycles. The smallest absolute Gasteiger partial charge is 0.416 e. The molecule has 2 aromatic rings. The Balaban J connectivity index is 1.55. The van der Waals surface area contributed by atoms with E-state index >= 15 is 0 Å². The zero-order valence-electron chi connectivity index (χ0n) is 16.2. The predicted molar refractivity (Wildman–Crippen MR) is 105 cm³/mol. The van der Waals surface area contributed by atoms with Crippen molar-refractivity contribution in [1.82, 2.24) is 4.90 Å². The Kier molecular flexibility index (Phi) is 5.40. The molecule has 1 N–H and O–H groups in total. The van der Waals surface area contributed by atoms with E-state index in [1.54, 1.807) is 18.2 Å². The Morgan fingerprint density at radius 2 is 1.83 bits per heavy atom. The molecule has 0 spiro atoms. The molecular weight excluding hydrogens is 397 g/mol. The molecule has 1 atom stereocenters. The fourth-order valence-electron chi connectivity index (χ4n) is 3.94. The van der Waals surface area contributed by atoms with Crippen LogP contribution in [0.15, 0.2) is 42.5 Å². The topological polar surface area (TPSA) is 58.6 Å². The van der Waals surface area contributed by atoms with Crippen LogP contribution in [0.3, 0.4) is 0 Å². The lowest BCUT2D eigenvalue weighted by Gasteiger charge is -2.37. The molecule has 30 heavy (non-hydrogen) atoms. The third-order valence-electron chi connectivity index (χ3n) is 5.54. The van der Waals surface area contributed by atoms with E-state index in [4.69, 9.17) is 4.74 Å². The number of anilines is 1. The number of benzene rings is 2. The number of piperidine rings is 1. The minimum Gasteiger partial charge on any atom is -0.493 e. The van der Waals surface area contributed by atoms with E-state index in [1.165, 1.54) is 0 Å². The number of hydrogen-bond acceptors (Lipinski definition) is 3. The molecule has 2 aromatic carbocycles. The molecule has 0 aromatic heterocycles. The van der Waals surface area contributed by atoms with Gasteiger partial charge in [-0.2, -0.15) is 13.2 Å². The van der Waals surface area contributed by atoms with Gasteiger partial charge in [0.15, 0.2) is 0 Å². The van der Waals surface area contributed by atoms with Gasteiger partial charge in [-0.05, 0) is 61.7 Å². The van der Waals surface area contributed by atoms with Crippen LogP contribution in [0.5, 0.6) is 5.75 Å². The zero-order chi connectivity index (χ0) is 21.3. The zero-order valence-corrected chi connectivity index (χ0v) is 16.2. The highest BCUT2D eigenvalue weighted by Crippen LogP contribution is 2.32. The summed E-state index contributed by atoms with van der Waals surface area (Å²) in [6, 6.07) is 8.95. The molecule has 8 heteroatoms. The fraction of sp³-hybridized carbons (Fsp3) is 0.364. The van der Waals surface area contributed by atoms with Gasteiger partial charge in [0.25, 0.3) is 11.8 Å². The van der Waals surface area contributed by atoms with Crippen LogP contribution in [0, 0.1) is 0 Å². The van der Waals surface area contributed by atoms with Gasteiger partial charge in [-0.3, -0.25) is 9.59 Å². The van der Waals surface area contributed by atoms with Gasteiger partial charge in [0.1, 0.15) is 5.75 Å². The van der Waals surface area contributed by atoms with Gasteiger partial charge in [0.05, 0.1) is 17.7 Å². The average molecular weight is 418 g/mol. The van der Waals surface area contributed by atoms with Crippen molar-refractivity contribution in [2.75, 3.05) is 18.5 Å². The van der Waals surface area contributed by atoms with E-state index in [0.717, 1.165) is 49.9 Å². The molecule has 0 radical (unpaired) electrons. The summed E-state index contributed by atoms with van der Waals surface area (Å²) in [5.41, 5.74) is 0.0314. The second-order valence-electron chi connectivity index (χ2n) is 7.53. The molecule has 1 unspecified atom stereocenters. The molecule has 0 bridgehead atoms. The minimum atomic E-state index is -4.46. The second kappa shape index (κ2) is 8.01. The number of alkyl halides is 3. The number of carbonyl (C=O) groups is 2. The number of fused-ring (bicyclic) bond motifs is 2. The number of nitrogens with zero attached hydrogens (tertiary/aromatic N) is 1. The lowest BCUT2D eigenvalue weighted by Crippen LogP contribution is -2.45. The maximum Gasteiger partial charge on any atom is 0.416 e. The minimum absolute atomic E-state index is 0.0911. The molecule has 4 rings (SSSR count). The summed E-state index contributed by atoms with van der Waals surface area (Å²) in [7, 11) is 0.